The van der Waals surface area contributed by atoms with E-state index < -0.39 is 11.8 Å². The second kappa shape index (κ2) is 10.1. The third kappa shape index (κ3) is 5.83. The van der Waals surface area contributed by atoms with E-state index in [1.807, 2.05) is 65.8 Å². The standard InChI is InChI=1S/C26H28N4O3/c1-15-7-9-21(17(3)13-15)19(5)27-29-25(31)23-11-12-24(33-23)26(32)30-28-20(6)22-10-8-16(2)14-18(22)4/h7-14H,1-6H3,(H,29,31)(H,30,32). The van der Waals surface area contributed by atoms with Crippen LogP contribution >= 0.6 is 0 Å². The number of carbonyl (C=O) groups is 2. The van der Waals surface area contributed by atoms with Crippen molar-refractivity contribution in [3.8, 4) is 0 Å². The van der Waals surface area contributed by atoms with Gasteiger partial charge in [-0.2, -0.15) is 10.2 Å². The highest BCUT2D eigenvalue weighted by atomic mass is 16.4. The predicted octanol–water partition coefficient (Wildman–Crippen LogP) is 4.82. The Morgan fingerprint density at radius 1 is 0.667 bits per heavy atom. The van der Waals surface area contributed by atoms with Gasteiger partial charge < -0.3 is 4.42 Å². The van der Waals surface area contributed by atoms with Gasteiger partial charge in [0.15, 0.2) is 11.5 Å². The van der Waals surface area contributed by atoms with E-state index in [0.29, 0.717) is 11.4 Å². The summed E-state index contributed by atoms with van der Waals surface area (Å²) in [7, 11) is 0. The van der Waals surface area contributed by atoms with Gasteiger partial charge in [0.1, 0.15) is 0 Å². The average molecular weight is 445 g/mol. The number of aryl methyl sites for hydroxylation is 4. The number of nitrogens with one attached hydrogen (secondary N) is 2. The van der Waals surface area contributed by atoms with Crippen LogP contribution in [-0.4, -0.2) is 23.2 Å². The maximum Gasteiger partial charge on any atom is 0.307 e. The number of nitrogens with zero attached hydrogens (tertiary/aromatic N) is 2. The molecule has 2 aromatic carbocycles. The lowest BCUT2D eigenvalue weighted by molar-refractivity contribution is 0.0902. The van der Waals surface area contributed by atoms with E-state index in [1.165, 1.54) is 12.1 Å². The van der Waals surface area contributed by atoms with Gasteiger partial charge in [-0.3, -0.25) is 9.59 Å². The van der Waals surface area contributed by atoms with E-state index in [-0.39, 0.29) is 11.5 Å². The number of hydrogen-bond donors (Lipinski definition) is 2. The van der Waals surface area contributed by atoms with Crippen LogP contribution in [0.1, 0.15) is 68.3 Å². The highest BCUT2D eigenvalue weighted by Gasteiger charge is 2.16. The van der Waals surface area contributed by atoms with Gasteiger partial charge >= 0.3 is 11.8 Å². The zero-order valence-corrected chi connectivity index (χ0v) is 19.7. The van der Waals surface area contributed by atoms with Gasteiger partial charge in [0.05, 0.1) is 11.4 Å². The summed E-state index contributed by atoms with van der Waals surface area (Å²) in [5, 5.41) is 8.32. The van der Waals surface area contributed by atoms with Gasteiger partial charge in [-0.25, -0.2) is 10.9 Å². The van der Waals surface area contributed by atoms with Crippen molar-refractivity contribution < 1.29 is 14.0 Å². The van der Waals surface area contributed by atoms with E-state index in [9.17, 15) is 9.59 Å². The molecular formula is C26H28N4O3. The van der Waals surface area contributed by atoms with Crippen LogP contribution in [-0.2, 0) is 0 Å². The summed E-state index contributed by atoms with van der Waals surface area (Å²) in [6, 6.07) is 14.9. The molecule has 0 unspecified atom stereocenters. The highest BCUT2D eigenvalue weighted by Crippen LogP contribution is 2.13. The first-order valence-corrected chi connectivity index (χ1v) is 10.6. The first-order chi connectivity index (χ1) is 15.7. The fraction of sp³-hybridized carbons (Fsp3) is 0.231. The first kappa shape index (κ1) is 23.7. The molecule has 0 aliphatic carbocycles. The van der Waals surface area contributed by atoms with Crippen molar-refractivity contribution in [2.24, 2.45) is 10.2 Å². The lowest BCUT2D eigenvalue weighted by Crippen LogP contribution is -2.20. The van der Waals surface area contributed by atoms with Crippen LogP contribution in [0.5, 0.6) is 0 Å². The molecule has 0 atom stereocenters. The fourth-order valence-electron chi connectivity index (χ4n) is 3.52. The molecule has 7 heteroatoms. The summed E-state index contributed by atoms with van der Waals surface area (Å²) in [4.78, 5) is 24.8. The highest BCUT2D eigenvalue weighted by molar-refractivity contribution is 6.02. The van der Waals surface area contributed by atoms with Crippen LogP contribution in [0.25, 0.3) is 0 Å². The molecule has 0 bridgehead atoms. The van der Waals surface area contributed by atoms with Crippen LogP contribution in [0.2, 0.25) is 0 Å². The molecule has 0 saturated carbocycles. The number of furan rings is 1. The lowest BCUT2D eigenvalue weighted by atomic mass is 10.0. The van der Waals surface area contributed by atoms with Crippen LogP contribution in [0, 0.1) is 27.7 Å². The number of carbonyl (C=O) groups excluding carboxylic acids is 2. The Bertz CT molecular complexity index is 1170. The third-order valence-electron chi connectivity index (χ3n) is 5.25. The number of rotatable bonds is 6. The second-order valence-electron chi connectivity index (χ2n) is 8.08. The van der Waals surface area contributed by atoms with Gasteiger partial charge in [0.2, 0.25) is 0 Å². The summed E-state index contributed by atoms with van der Waals surface area (Å²) in [5.74, 6) is -1.14. The largest absolute Gasteiger partial charge is 0.446 e. The monoisotopic (exact) mass is 444 g/mol. The van der Waals surface area contributed by atoms with Crippen molar-refractivity contribution in [1.82, 2.24) is 10.9 Å². The molecule has 0 spiro atoms. The Balaban J connectivity index is 1.64. The quantitative estimate of drug-likeness (QED) is 0.421. The molecule has 3 rings (SSSR count). The van der Waals surface area contributed by atoms with E-state index in [2.05, 4.69) is 33.2 Å². The zero-order valence-electron chi connectivity index (χ0n) is 19.7. The molecule has 0 radical (unpaired) electrons. The zero-order chi connectivity index (χ0) is 24.1. The summed E-state index contributed by atoms with van der Waals surface area (Å²) in [5.41, 5.74) is 12.6. The molecule has 2 N–H and O–H groups in total. The maximum atomic E-state index is 12.4. The average Bonchev–Trinajstić information content (AvgIpc) is 3.26. The normalized spacial score (nSPS) is 11.9. The van der Waals surface area contributed by atoms with Gasteiger partial charge in [-0.05, 0) is 64.8 Å². The number of hydrazone groups is 2. The van der Waals surface area contributed by atoms with Crippen molar-refractivity contribution in [2.45, 2.75) is 41.5 Å². The molecular weight excluding hydrogens is 416 g/mol. The molecule has 0 aliphatic rings. The van der Waals surface area contributed by atoms with E-state index >= 15 is 0 Å². The molecule has 1 aromatic heterocycles. The molecule has 3 aromatic rings. The number of amides is 2. The topological polar surface area (TPSA) is 96.1 Å². The Hall–Kier alpha value is -4.00. The minimum absolute atomic E-state index is 0.0209. The van der Waals surface area contributed by atoms with Gasteiger partial charge in [-0.15, -0.1) is 0 Å². The molecule has 33 heavy (non-hydrogen) atoms. The van der Waals surface area contributed by atoms with Crippen LogP contribution in [0.3, 0.4) is 0 Å². The Labute approximate surface area is 193 Å². The van der Waals surface area contributed by atoms with Crippen molar-refractivity contribution in [2.75, 3.05) is 0 Å². The number of hydrogen-bond acceptors (Lipinski definition) is 5. The van der Waals surface area contributed by atoms with Gasteiger partial charge in [0.25, 0.3) is 0 Å². The fourth-order valence-corrected chi connectivity index (χ4v) is 3.52. The van der Waals surface area contributed by atoms with Crippen molar-refractivity contribution in [3.63, 3.8) is 0 Å². The van der Waals surface area contributed by atoms with Crippen LogP contribution in [0.4, 0.5) is 0 Å². The maximum absolute atomic E-state index is 12.4. The second-order valence-corrected chi connectivity index (χ2v) is 8.08. The summed E-state index contributed by atoms with van der Waals surface area (Å²) >= 11 is 0. The molecule has 1 heterocycles. The third-order valence-corrected chi connectivity index (χ3v) is 5.25. The Kier molecular flexibility index (Phi) is 7.23. The van der Waals surface area contributed by atoms with Crippen molar-refractivity contribution >= 4 is 23.2 Å². The van der Waals surface area contributed by atoms with Crippen LogP contribution < -0.4 is 10.9 Å². The molecule has 0 fully saturated rings. The molecule has 0 saturated heterocycles. The minimum atomic E-state index is -0.548. The van der Waals surface area contributed by atoms with Gasteiger partial charge in [0, 0.05) is 11.1 Å². The molecule has 7 nitrogen and oxygen atoms in total. The minimum Gasteiger partial charge on any atom is -0.446 e. The molecule has 170 valence electrons. The smallest absolute Gasteiger partial charge is 0.307 e. The SMILES string of the molecule is CC(=NNC(=O)c1ccc(C(=O)NN=C(C)c2ccc(C)cc2C)o1)c1ccc(C)cc1C. The summed E-state index contributed by atoms with van der Waals surface area (Å²) in [6.07, 6.45) is 0. The van der Waals surface area contributed by atoms with Gasteiger partial charge in [-0.1, -0.05) is 47.5 Å². The summed E-state index contributed by atoms with van der Waals surface area (Å²) < 4.78 is 5.40. The predicted molar refractivity (Wildman–Crippen MR) is 130 cm³/mol. The summed E-state index contributed by atoms with van der Waals surface area (Å²) in [6.45, 7) is 11.7. The molecule has 2 amide bonds. The van der Waals surface area contributed by atoms with Crippen molar-refractivity contribution in [3.05, 3.63) is 93.4 Å². The Morgan fingerprint density at radius 2 is 1.06 bits per heavy atom. The van der Waals surface area contributed by atoms with E-state index in [1.54, 1.807) is 0 Å². The van der Waals surface area contributed by atoms with E-state index in [0.717, 1.165) is 33.4 Å². The van der Waals surface area contributed by atoms with E-state index in [4.69, 9.17) is 4.42 Å². The lowest BCUT2D eigenvalue weighted by Gasteiger charge is -2.07. The Morgan fingerprint density at radius 3 is 1.42 bits per heavy atom. The van der Waals surface area contributed by atoms with Crippen molar-refractivity contribution in [1.29, 1.82) is 0 Å². The molecule has 0 aliphatic heterocycles. The van der Waals surface area contributed by atoms with Crippen LogP contribution in [0.15, 0.2) is 63.2 Å². The number of benzene rings is 2. The first-order valence-electron chi connectivity index (χ1n) is 10.6.